The second-order valence-electron chi connectivity index (χ2n) is 8.36. The minimum atomic E-state index is -0.500. The lowest BCUT2D eigenvalue weighted by Crippen LogP contribution is -2.39. The molecule has 2 aromatic rings. The minimum Gasteiger partial charge on any atom is -0.485 e. The number of amides is 1. The van der Waals surface area contributed by atoms with Crippen LogP contribution in [0.2, 0.25) is 5.02 Å². The smallest absolute Gasteiger partial charge is 0.410 e. The molecule has 1 aromatic heterocycles. The van der Waals surface area contributed by atoms with Gasteiger partial charge >= 0.3 is 6.09 Å². The Morgan fingerprint density at radius 1 is 1.27 bits per heavy atom. The van der Waals surface area contributed by atoms with Crippen molar-refractivity contribution in [2.24, 2.45) is 0 Å². The van der Waals surface area contributed by atoms with Crippen molar-refractivity contribution in [2.45, 2.75) is 38.9 Å². The van der Waals surface area contributed by atoms with Crippen molar-refractivity contribution < 1.29 is 19.0 Å². The molecule has 0 spiro atoms. The lowest BCUT2D eigenvalue weighted by Gasteiger charge is -2.31. The van der Waals surface area contributed by atoms with E-state index in [1.807, 2.05) is 45.0 Å². The third-order valence-corrected chi connectivity index (χ3v) is 5.14. The molecule has 0 unspecified atom stereocenters. The molecule has 0 bridgehead atoms. The van der Waals surface area contributed by atoms with Gasteiger partial charge in [0.05, 0.1) is 10.7 Å². The van der Waals surface area contributed by atoms with E-state index in [0.29, 0.717) is 30.5 Å². The number of nitrogens with zero attached hydrogens (tertiary/aromatic N) is 2. The van der Waals surface area contributed by atoms with E-state index in [1.54, 1.807) is 17.2 Å². The van der Waals surface area contributed by atoms with Crippen LogP contribution in [0.4, 0.5) is 4.79 Å². The van der Waals surface area contributed by atoms with Gasteiger partial charge in [0.15, 0.2) is 17.6 Å². The molecule has 3 heterocycles. The fourth-order valence-electron chi connectivity index (χ4n) is 3.49. The predicted molar refractivity (Wildman–Crippen MR) is 115 cm³/mol. The summed E-state index contributed by atoms with van der Waals surface area (Å²) in [6.45, 7) is 7.09. The fraction of sp³-hybridized carbons (Fsp3) is 0.391. The van der Waals surface area contributed by atoms with Crippen molar-refractivity contribution in [3.63, 3.8) is 0 Å². The van der Waals surface area contributed by atoms with Gasteiger partial charge in [0.25, 0.3) is 0 Å². The number of ether oxygens (including phenoxy) is 3. The van der Waals surface area contributed by atoms with Crippen LogP contribution in [-0.2, 0) is 4.74 Å². The number of aromatic nitrogens is 1. The van der Waals surface area contributed by atoms with Crippen molar-refractivity contribution in [2.75, 3.05) is 19.7 Å². The summed E-state index contributed by atoms with van der Waals surface area (Å²) in [5.41, 5.74) is 2.41. The van der Waals surface area contributed by atoms with E-state index >= 15 is 0 Å². The molecular weight excluding hydrogens is 404 g/mol. The van der Waals surface area contributed by atoms with Crippen LogP contribution in [0.25, 0.3) is 5.57 Å². The van der Waals surface area contributed by atoms with Gasteiger partial charge in [-0.15, -0.1) is 0 Å². The maximum atomic E-state index is 12.3. The third-order valence-electron chi connectivity index (χ3n) is 4.91. The van der Waals surface area contributed by atoms with E-state index in [9.17, 15) is 4.79 Å². The summed E-state index contributed by atoms with van der Waals surface area (Å²) in [5, 5.41) is 0.586. The Morgan fingerprint density at radius 3 is 2.77 bits per heavy atom. The van der Waals surface area contributed by atoms with E-state index in [1.165, 1.54) is 0 Å². The number of rotatable bonds is 2. The maximum absolute atomic E-state index is 12.3. The van der Waals surface area contributed by atoms with Gasteiger partial charge in [0.1, 0.15) is 12.2 Å². The van der Waals surface area contributed by atoms with Crippen molar-refractivity contribution in [1.29, 1.82) is 0 Å². The summed E-state index contributed by atoms with van der Waals surface area (Å²) in [5.74, 6) is 1.43. The number of pyridine rings is 1. The molecule has 0 aliphatic carbocycles. The minimum absolute atomic E-state index is 0.284. The lowest BCUT2D eigenvalue weighted by atomic mass is 9.98. The number of hydrogen-bond donors (Lipinski definition) is 0. The molecule has 4 rings (SSSR count). The van der Waals surface area contributed by atoms with Crippen molar-refractivity contribution in [3.05, 3.63) is 58.9 Å². The second kappa shape index (κ2) is 8.19. The molecule has 1 atom stereocenters. The van der Waals surface area contributed by atoms with Crippen LogP contribution in [0.1, 0.15) is 44.6 Å². The van der Waals surface area contributed by atoms with Crippen LogP contribution >= 0.6 is 11.6 Å². The number of carbonyl (C=O) groups is 1. The second-order valence-corrected chi connectivity index (χ2v) is 8.79. The Kier molecular flexibility index (Phi) is 5.60. The average Bonchev–Trinajstić information content (AvgIpc) is 2.72. The molecule has 30 heavy (non-hydrogen) atoms. The highest BCUT2D eigenvalue weighted by Gasteiger charge is 2.28. The number of hydrogen-bond acceptors (Lipinski definition) is 5. The summed E-state index contributed by atoms with van der Waals surface area (Å²) < 4.78 is 17.7. The van der Waals surface area contributed by atoms with E-state index in [4.69, 9.17) is 25.8 Å². The first-order valence-corrected chi connectivity index (χ1v) is 10.4. The van der Waals surface area contributed by atoms with Gasteiger partial charge in [-0.3, -0.25) is 4.98 Å². The molecule has 7 heteroatoms. The molecule has 0 saturated heterocycles. The third kappa shape index (κ3) is 4.54. The van der Waals surface area contributed by atoms with Crippen LogP contribution in [0.5, 0.6) is 11.5 Å². The predicted octanol–water partition coefficient (Wildman–Crippen LogP) is 5.27. The average molecular weight is 429 g/mol. The number of para-hydroxylation sites is 1. The fourth-order valence-corrected chi connectivity index (χ4v) is 3.60. The summed E-state index contributed by atoms with van der Waals surface area (Å²) in [6, 6.07) is 9.52. The first kappa shape index (κ1) is 20.5. The molecule has 0 saturated carbocycles. The van der Waals surface area contributed by atoms with E-state index in [2.05, 4.69) is 11.1 Å². The normalized spacial score (nSPS) is 18.6. The number of benzene rings is 1. The first-order chi connectivity index (χ1) is 14.3. The number of fused-ring (bicyclic) bond motifs is 1. The van der Waals surface area contributed by atoms with Crippen LogP contribution in [0.15, 0.2) is 42.6 Å². The van der Waals surface area contributed by atoms with Crippen LogP contribution in [0, 0.1) is 0 Å². The molecule has 0 N–H and O–H groups in total. The van der Waals surface area contributed by atoms with Crippen molar-refractivity contribution in [3.8, 4) is 11.5 Å². The summed E-state index contributed by atoms with van der Waals surface area (Å²) in [6.07, 6.45) is 3.81. The van der Waals surface area contributed by atoms with E-state index in [-0.39, 0.29) is 12.2 Å². The van der Waals surface area contributed by atoms with Crippen LogP contribution in [-0.4, -0.2) is 41.3 Å². The summed E-state index contributed by atoms with van der Waals surface area (Å²) in [4.78, 5) is 18.3. The number of carbonyl (C=O) groups excluding carboxylic acids is 1. The molecule has 1 aromatic carbocycles. The molecule has 0 radical (unpaired) electrons. The summed E-state index contributed by atoms with van der Waals surface area (Å²) >= 11 is 5.93. The Bertz CT molecular complexity index is 966. The molecule has 2 aliphatic rings. The van der Waals surface area contributed by atoms with Gasteiger partial charge in [-0.2, -0.15) is 0 Å². The number of halogens is 1. The molecule has 0 fully saturated rings. The van der Waals surface area contributed by atoms with E-state index < -0.39 is 5.60 Å². The summed E-state index contributed by atoms with van der Waals surface area (Å²) in [7, 11) is 0. The Hall–Kier alpha value is -2.73. The van der Waals surface area contributed by atoms with Crippen LogP contribution < -0.4 is 9.47 Å². The first-order valence-electron chi connectivity index (χ1n) is 10.0. The van der Waals surface area contributed by atoms with Gasteiger partial charge < -0.3 is 19.1 Å². The van der Waals surface area contributed by atoms with E-state index in [0.717, 1.165) is 29.0 Å². The Balaban J connectivity index is 1.49. The van der Waals surface area contributed by atoms with Gasteiger partial charge in [0.2, 0.25) is 0 Å². The van der Waals surface area contributed by atoms with Gasteiger partial charge in [-0.25, -0.2) is 4.79 Å². The zero-order valence-corrected chi connectivity index (χ0v) is 18.1. The SMILES string of the molecule is CC(C)(C)OC(=O)N1CC=C(c2cccc3c2OC[C@@H](c2ccc(Cl)cn2)O3)CC1. The van der Waals surface area contributed by atoms with Gasteiger partial charge in [-0.05, 0) is 51.0 Å². The lowest BCUT2D eigenvalue weighted by molar-refractivity contribution is 0.0270. The quantitative estimate of drug-likeness (QED) is 0.651. The molecule has 158 valence electrons. The highest BCUT2D eigenvalue weighted by Crippen LogP contribution is 2.42. The molecule has 1 amide bonds. The zero-order chi connectivity index (χ0) is 21.3. The molecular formula is C23H25ClN2O4. The van der Waals surface area contributed by atoms with Gasteiger partial charge in [0, 0.05) is 24.8 Å². The standard InChI is InChI=1S/C23H25ClN2O4/c1-23(2,3)30-22(27)26-11-9-15(10-12-26)17-5-4-6-19-21(17)28-14-20(29-19)18-8-7-16(24)13-25-18/h4-9,13,20H,10-12,14H2,1-3H3/t20-/m0/s1. The van der Waals surface area contributed by atoms with Crippen molar-refractivity contribution in [1.82, 2.24) is 9.88 Å². The largest absolute Gasteiger partial charge is 0.485 e. The van der Waals surface area contributed by atoms with Gasteiger partial charge in [-0.1, -0.05) is 29.8 Å². The topological polar surface area (TPSA) is 60.9 Å². The Morgan fingerprint density at radius 2 is 2.10 bits per heavy atom. The maximum Gasteiger partial charge on any atom is 0.410 e. The molecule has 2 aliphatic heterocycles. The Labute approximate surface area is 181 Å². The molecule has 6 nitrogen and oxygen atoms in total. The monoisotopic (exact) mass is 428 g/mol. The van der Waals surface area contributed by atoms with Crippen molar-refractivity contribution >= 4 is 23.3 Å². The zero-order valence-electron chi connectivity index (χ0n) is 17.4. The highest BCUT2D eigenvalue weighted by atomic mass is 35.5. The highest BCUT2D eigenvalue weighted by molar-refractivity contribution is 6.30. The van der Waals surface area contributed by atoms with Crippen LogP contribution in [0.3, 0.4) is 0 Å².